The monoisotopic (exact) mass is 1250 g/mol. The van der Waals surface area contributed by atoms with Crippen molar-refractivity contribution in [3.8, 4) is 0 Å². The molecule has 2 aliphatic heterocycles. The first-order chi connectivity index (χ1) is 39.0. The van der Waals surface area contributed by atoms with Crippen LogP contribution in [-0.4, -0.2) is 161 Å². The number of nitrogens with one attached hydrogen (secondary N) is 2. The Bertz CT molecular complexity index is 2820. The number of sulfonamides is 2. The first-order valence-electron chi connectivity index (χ1n) is 27.8. The van der Waals surface area contributed by atoms with Gasteiger partial charge in [0.15, 0.2) is 0 Å². The van der Waals surface area contributed by atoms with Crippen LogP contribution in [0.1, 0.15) is 117 Å². The molecule has 1 amide bonds. The quantitative estimate of drug-likeness (QED) is 0.0419. The van der Waals surface area contributed by atoms with Gasteiger partial charge in [-0.2, -0.15) is 0 Å². The Balaban J connectivity index is 0.774. The lowest BCUT2D eigenvalue weighted by molar-refractivity contribution is -0.120. The molecule has 0 spiro atoms. The second-order valence-electron chi connectivity index (χ2n) is 21.8. The van der Waals surface area contributed by atoms with Gasteiger partial charge in [-0.05, 0) is 142 Å². The summed E-state index contributed by atoms with van der Waals surface area (Å²) in [6.07, 6.45) is 2.62. The lowest BCUT2D eigenvalue weighted by atomic mass is 9.85. The number of halogens is 4. The molecule has 82 heavy (non-hydrogen) atoms. The fourth-order valence-electron chi connectivity index (χ4n) is 9.91. The molecule has 0 saturated carbocycles. The van der Waals surface area contributed by atoms with E-state index in [9.17, 15) is 31.2 Å². The molecule has 0 unspecified atom stereocenters. The number of ether oxygens (including phenoxy) is 5. The van der Waals surface area contributed by atoms with E-state index < -0.39 is 31.7 Å². The fourth-order valence-corrected chi connectivity index (χ4v) is 13.2. The van der Waals surface area contributed by atoms with Crippen molar-refractivity contribution < 1.29 is 54.9 Å². The van der Waals surface area contributed by atoms with Crippen molar-refractivity contribution in [3.63, 3.8) is 0 Å². The van der Waals surface area contributed by atoms with Gasteiger partial charge in [0.05, 0.1) is 49.4 Å². The molecule has 0 saturated heterocycles. The Labute approximate surface area is 505 Å². The van der Waals surface area contributed by atoms with Gasteiger partial charge >= 0.3 is 6.09 Å². The van der Waals surface area contributed by atoms with E-state index in [1.165, 1.54) is 0 Å². The number of carbonyl (C=O) groups is 3. The van der Waals surface area contributed by atoms with E-state index in [1.54, 1.807) is 74.2 Å². The molecule has 17 nitrogen and oxygen atoms in total. The first-order valence-corrected chi connectivity index (χ1v) is 32.3. The molecule has 2 aliphatic rings. The Morgan fingerprint density at radius 1 is 0.561 bits per heavy atom. The van der Waals surface area contributed by atoms with Crippen LogP contribution in [0.3, 0.4) is 0 Å². The standard InChI is InChI=1S/C59H79Cl4N5O12S2/c1-59(2,3)80-58(71)68(22-8-14-46(69)16-10-24-76-28-30-78-26-20-64-81(72,73)48-18-6-12-42(32-48)52-38-66(4)40-54-50(52)34-44(60)36-56(54)62)23-9-15-47(70)17-11-25-77-29-31-79-27-21-65-82(74,75)49-19-7-13-43(33-49)53-39-67(5)41-55-51(53)35-45(61)37-57(55)63/h6-7,12-13,18-19,32-37,52-53,64-65H,8-11,14-17,20-31,38-41H2,1-5H3/t52-,53-/m0/s1. The van der Waals surface area contributed by atoms with E-state index in [2.05, 4.69) is 19.2 Å². The number of hydrogen-bond donors (Lipinski definition) is 2. The molecule has 4 aromatic carbocycles. The highest BCUT2D eigenvalue weighted by Gasteiger charge is 2.30. The number of benzene rings is 4. The van der Waals surface area contributed by atoms with Crippen molar-refractivity contribution in [3.05, 3.63) is 126 Å². The van der Waals surface area contributed by atoms with Crippen molar-refractivity contribution >= 4 is 84.1 Å². The summed E-state index contributed by atoms with van der Waals surface area (Å²) in [7, 11) is -3.62. The van der Waals surface area contributed by atoms with Gasteiger partial charge in [-0.15, -0.1) is 0 Å². The minimum Gasteiger partial charge on any atom is -0.444 e. The number of ketones is 2. The van der Waals surface area contributed by atoms with Crippen LogP contribution in [-0.2, 0) is 66.4 Å². The molecule has 452 valence electrons. The van der Waals surface area contributed by atoms with Gasteiger partial charge < -0.3 is 38.4 Å². The predicted octanol–water partition coefficient (Wildman–Crippen LogP) is 10.3. The summed E-state index contributed by atoms with van der Waals surface area (Å²) in [4.78, 5) is 44.7. The lowest BCUT2D eigenvalue weighted by Crippen LogP contribution is -2.38. The molecule has 6 rings (SSSR count). The van der Waals surface area contributed by atoms with Crippen LogP contribution in [0.5, 0.6) is 0 Å². The van der Waals surface area contributed by atoms with E-state index >= 15 is 0 Å². The van der Waals surface area contributed by atoms with Crippen LogP contribution >= 0.6 is 46.4 Å². The zero-order chi connectivity index (χ0) is 59.5. The molecule has 2 atom stereocenters. The van der Waals surface area contributed by atoms with Gasteiger partial charge in [-0.1, -0.05) is 70.7 Å². The summed E-state index contributed by atoms with van der Waals surface area (Å²) >= 11 is 25.8. The highest BCUT2D eigenvalue weighted by atomic mass is 35.5. The molecule has 2 heterocycles. The number of amides is 1. The third-order valence-corrected chi connectivity index (χ3v) is 17.9. The van der Waals surface area contributed by atoms with E-state index in [1.807, 2.05) is 38.4 Å². The van der Waals surface area contributed by atoms with E-state index in [-0.39, 0.29) is 98.8 Å². The van der Waals surface area contributed by atoms with Crippen LogP contribution in [0.4, 0.5) is 4.79 Å². The Hall–Kier alpha value is -3.77. The normalized spacial score (nSPS) is 16.0. The van der Waals surface area contributed by atoms with Crippen molar-refractivity contribution in [1.82, 2.24) is 24.1 Å². The average molecular weight is 1260 g/mol. The van der Waals surface area contributed by atoms with Crippen molar-refractivity contribution in [2.45, 2.75) is 112 Å². The fraction of sp³-hybridized carbons (Fsp3) is 0.542. The maximum atomic E-state index is 13.2. The van der Waals surface area contributed by atoms with E-state index in [0.29, 0.717) is 111 Å². The molecule has 0 bridgehead atoms. The highest BCUT2D eigenvalue weighted by molar-refractivity contribution is 7.89. The molecule has 0 radical (unpaired) electrons. The van der Waals surface area contributed by atoms with Gasteiger partial charge in [0, 0.05) is 123 Å². The van der Waals surface area contributed by atoms with Gasteiger partial charge in [0.2, 0.25) is 20.0 Å². The molecule has 0 fully saturated rings. The summed E-state index contributed by atoms with van der Waals surface area (Å²) in [5.41, 5.74) is 4.93. The number of likely N-dealkylation sites (N-methyl/N-ethyl adjacent to an activating group) is 2. The number of carbonyl (C=O) groups excluding carboxylic acids is 3. The second kappa shape index (κ2) is 32.7. The second-order valence-corrected chi connectivity index (χ2v) is 27.0. The summed E-state index contributed by atoms with van der Waals surface area (Å²) in [6.45, 7) is 10.9. The molecular weight excluding hydrogens is 1180 g/mol. The minimum absolute atomic E-state index is 0.0461. The van der Waals surface area contributed by atoms with Crippen LogP contribution in [0.2, 0.25) is 20.1 Å². The highest BCUT2D eigenvalue weighted by Crippen LogP contribution is 2.40. The maximum Gasteiger partial charge on any atom is 0.410 e. The van der Waals surface area contributed by atoms with Gasteiger partial charge in [0.1, 0.15) is 17.2 Å². The zero-order valence-corrected chi connectivity index (χ0v) is 52.3. The largest absolute Gasteiger partial charge is 0.444 e. The van der Waals surface area contributed by atoms with Gasteiger partial charge in [0.25, 0.3) is 0 Å². The summed E-state index contributed by atoms with van der Waals surface area (Å²) in [6, 6.07) is 21.1. The van der Waals surface area contributed by atoms with Crippen LogP contribution in [0, 0.1) is 0 Å². The zero-order valence-electron chi connectivity index (χ0n) is 47.6. The summed E-state index contributed by atoms with van der Waals surface area (Å²) < 4.78 is 86.2. The molecule has 0 aliphatic carbocycles. The predicted molar refractivity (Wildman–Crippen MR) is 321 cm³/mol. The molecule has 0 aromatic heterocycles. The van der Waals surface area contributed by atoms with Crippen molar-refractivity contribution in [1.29, 1.82) is 0 Å². The maximum absolute atomic E-state index is 13.2. The third kappa shape index (κ3) is 21.6. The number of nitrogens with zero attached hydrogens (tertiary/aromatic N) is 3. The SMILES string of the molecule is CN1Cc2c(Cl)cc(Cl)cc2[C@H](c2cccc(S(=O)(=O)NCCOCCOCCCC(=O)CCCN(CCCC(=O)CCCOCCOCCNS(=O)(=O)c3cccc([C@@H]4CN(C)Cc5c(Cl)cc(Cl)cc54)c3)C(=O)OC(C)(C)C)c2)C1. The summed E-state index contributed by atoms with van der Waals surface area (Å²) in [5.74, 6) is -0.114. The molecular formula is C59H79Cl4N5O12S2. The van der Waals surface area contributed by atoms with Crippen molar-refractivity contribution in [2.75, 3.05) is 106 Å². The van der Waals surface area contributed by atoms with Crippen LogP contribution in [0.15, 0.2) is 82.6 Å². The molecule has 2 N–H and O–H groups in total. The Kier molecular flexibility index (Phi) is 26.8. The topological polar surface area (TPSA) is 199 Å². The average Bonchev–Trinajstić information content (AvgIpc) is 3.45. The van der Waals surface area contributed by atoms with Gasteiger partial charge in [-0.25, -0.2) is 31.1 Å². The van der Waals surface area contributed by atoms with Crippen molar-refractivity contribution in [2.24, 2.45) is 0 Å². The lowest BCUT2D eigenvalue weighted by Gasteiger charge is -2.33. The van der Waals surface area contributed by atoms with E-state index in [4.69, 9.17) is 70.1 Å². The minimum atomic E-state index is -3.81. The Morgan fingerprint density at radius 2 is 0.951 bits per heavy atom. The number of rotatable bonds is 34. The molecule has 23 heteroatoms. The van der Waals surface area contributed by atoms with E-state index in [0.717, 1.165) is 33.4 Å². The van der Waals surface area contributed by atoms with Gasteiger partial charge in [-0.3, -0.25) is 9.59 Å². The number of hydrogen-bond acceptors (Lipinski definition) is 14. The first kappa shape index (κ1) is 67.4. The number of fused-ring (bicyclic) bond motifs is 2. The third-order valence-electron chi connectivity index (χ3n) is 13.9. The van der Waals surface area contributed by atoms with Crippen LogP contribution in [0.25, 0.3) is 0 Å². The molecule has 4 aromatic rings. The van der Waals surface area contributed by atoms with Crippen LogP contribution < -0.4 is 9.44 Å². The number of Topliss-reactive ketones (excluding diaryl/α,β-unsaturated/α-hetero) is 2. The Morgan fingerprint density at radius 3 is 1.35 bits per heavy atom. The summed E-state index contributed by atoms with van der Waals surface area (Å²) in [5, 5.41) is 2.25. The smallest absolute Gasteiger partial charge is 0.410 e.